The van der Waals surface area contributed by atoms with Gasteiger partial charge in [0.1, 0.15) is 18.3 Å². The molecule has 0 amide bonds. The molecule has 4 atom stereocenters. The summed E-state index contributed by atoms with van der Waals surface area (Å²) in [5.74, 6) is -1.98. The third-order valence-electron chi connectivity index (χ3n) is 6.37. The van der Waals surface area contributed by atoms with Crippen LogP contribution in [0.15, 0.2) is 23.3 Å². The van der Waals surface area contributed by atoms with Gasteiger partial charge in [-0.1, -0.05) is 12.2 Å². The molecule has 0 spiro atoms. The molecule has 0 radical (unpaired) electrons. The molecule has 0 aromatic rings. The van der Waals surface area contributed by atoms with Gasteiger partial charge in [-0.3, -0.25) is 9.69 Å². The summed E-state index contributed by atoms with van der Waals surface area (Å²) in [6.45, 7) is 10.4. The number of ether oxygens (including phenoxy) is 4. The molecule has 0 bridgehead atoms. The van der Waals surface area contributed by atoms with E-state index in [4.69, 9.17) is 18.9 Å². The van der Waals surface area contributed by atoms with Gasteiger partial charge in [-0.25, -0.2) is 9.59 Å². The Morgan fingerprint density at radius 3 is 2.53 bits per heavy atom. The Morgan fingerprint density at radius 2 is 1.97 bits per heavy atom. The second-order valence-corrected chi connectivity index (χ2v) is 8.75. The Hall–Kier alpha value is -2.23. The van der Waals surface area contributed by atoms with Crippen molar-refractivity contribution in [1.82, 2.24) is 4.90 Å². The number of fused-ring (bicyclic) bond motifs is 1. The van der Waals surface area contributed by atoms with Crippen LogP contribution in [-0.2, 0) is 33.3 Å². The summed E-state index contributed by atoms with van der Waals surface area (Å²) in [4.78, 5) is 39.0. The van der Waals surface area contributed by atoms with Crippen molar-refractivity contribution < 1.29 is 38.4 Å². The van der Waals surface area contributed by atoms with Gasteiger partial charge >= 0.3 is 17.9 Å². The van der Waals surface area contributed by atoms with Gasteiger partial charge in [0.15, 0.2) is 0 Å². The summed E-state index contributed by atoms with van der Waals surface area (Å²) in [7, 11) is 1.34. The minimum absolute atomic E-state index is 0.0917. The first-order valence-corrected chi connectivity index (χ1v) is 10.8. The molecule has 0 saturated carbocycles. The normalized spacial score (nSPS) is 24.2. The highest BCUT2D eigenvalue weighted by Gasteiger charge is 2.58. The molecule has 0 aliphatic carbocycles. The number of aliphatic hydroxyl groups is 1. The van der Waals surface area contributed by atoms with Gasteiger partial charge in [-0.05, 0) is 46.6 Å². The first kappa shape index (κ1) is 26.0. The SMILES string of the molecule is CC=C(C)C(=O)OC1CCN2CC=C(COC(=O)C(O)(C(C)OC)C(C)(C)OC(C)=O)C12. The van der Waals surface area contributed by atoms with Crippen LogP contribution in [0.25, 0.3) is 0 Å². The van der Waals surface area contributed by atoms with Gasteiger partial charge in [-0.15, -0.1) is 0 Å². The quantitative estimate of drug-likeness (QED) is 0.240. The second kappa shape index (κ2) is 10.1. The largest absolute Gasteiger partial charge is 0.459 e. The number of esters is 3. The van der Waals surface area contributed by atoms with Crippen LogP contribution in [0.5, 0.6) is 0 Å². The van der Waals surface area contributed by atoms with Gasteiger partial charge < -0.3 is 24.1 Å². The van der Waals surface area contributed by atoms with Crippen molar-refractivity contribution in [2.75, 3.05) is 26.8 Å². The van der Waals surface area contributed by atoms with Crippen molar-refractivity contribution in [1.29, 1.82) is 0 Å². The summed E-state index contributed by atoms with van der Waals surface area (Å²) < 4.78 is 21.6. The van der Waals surface area contributed by atoms with Crippen molar-refractivity contribution in [2.45, 2.75) is 77.4 Å². The Morgan fingerprint density at radius 1 is 1.31 bits per heavy atom. The van der Waals surface area contributed by atoms with E-state index in [1.54, 1.807) is 19.9 Å². The van der Waals surface area contributed by atoms with E-state index in [9.17, 15) is 19.5 Å². The second-order valence-electron chi connectivity index (χ2n) is 8.75. The third kappa shape index (κ3) is 5.05. The Labute approximate surface area is 189 Å². The maximum absolute atomic E-state index is 13.1. The average Bonchev–Trinajstić information content (AvgIpc) is 3.31. The lowest BCUT2D eigenvalue weighted by atomic mass is 9.81. The minimum atomic E-state index is -2.24. The molecule has 2 aliphatic heterocycles. The predicted molar refractivity (Wildman–Crippen MR) is 116 cm³/mol. The van der Waals surface area contributed by atoms with Crippen LogP contribution < -0.4 is 0 Å². The molecule has 2 rings (SSSR count). The molecule has 1 N–H and O–H groups in total. The van der Waals surface area contributed by atoms with E-state index in [1.165, 1.54) is 34.8 Å². The van der Waals surface area contributed by atoms with Crippen LogP contribution in [0, 0.1) is 0 Å². The fraction of sp³-hybridized carbons (Fsp3) is 0.696. The fourth-order valence-corrected chi connectivity index (χ4v) is 4.24. The highest BCUT2D eigenvalue weighted by molar-refractivity contribution is 5.87. The first-order chi connectivity index (χ1) is 14.9. The zero-order valence-corrected chi connectivity index (χ0v) is 20.0. The van der Waals surface area contributed by atoms with Gasteiger partial charge in [0.05, 0.1) is 12.1 Å². The Bertz CT molecular complexity index is 802. The molecule has 9 nitrogen and oxygen atoms in total. The van der Waals surface area contributed by atoms with Crippen LogP contribution >= 0.6 is 0 Å². The van der Waals surface area contributed by atoms with E-state index in [1.807, 2.05) is 6.08 Å². The smallest absolute Gasteiger partial charge is 0.345 e. The van der Waals surface area contributed by atoms with Crippen LogP contribution in [0.1, 0.15) is 48.0 Å². The number of rotatable bonds is 9. The molecule has 0 aromatic carbocycles. The van der Waals surface area contributed by atoms with E-state index in [-0.39, 0.29) is 24.7 Å². The van der Waals surface area contributed by atoms with E-state index in [0.29, 0.717) is 18.5 Å². The molecule has 4 unspecified atom stereocenters. The molecule has 32 heavy (non-hydrogen) atoms. The van der Waals surface area contributed by atoms with Crippen molar-refractivity contribution in [3.05, 3.63) is 23.3 Å². The van der Waals surface area contributed by atoms with Crippen LogP contribution in [-0.4, -0.2) is 84.2 Å². The molecule has 1 saturated heterocycles. The molecular formula is C23H35NO8. The molecular weight excluding hydrogens is 418 g/mol. The van der Waals surface area contributed by atoms with Crippen LogP contribution in [0.3, 0.4) is 0 Å². The minimum Gasteiger partial charge on any atom is -0.459 e. The summed E-state index contributed by atoms with van der Waals surface area (Å²) in [5, 5.41) is 11.3. The van der Waals surface area contributed by atoms with Crippen molar-refractivity contribution in [3.63, 3.8) is 0 Å². The molecule has 1 fully saturated rings. The summed E-state index contributed by atoms with van der Waals surface area (Å²) in [6, 6.07) is -0.189. The number of hydrogen-bond donors (Lipinski definition) is 1. The highest BCUT2D eigenvalue weighted by atomic mass is 16.6. The van der Waals surface area contributed by atoms with Crippen molar-refractivity contribution in [2.24, 2.45) is 0 Å². The van der Waals surface area contributed by atoms with Crippen LogP contribution in [0.2, 0.25) is 0 Å². The van der Waals surface area contributed by atoms with E-state index >= 15 is 0 Å². The Kier molecular flexibility index (Phi) is 8.25. The first-order valence-electron chi connectivity index (χ1n) is 10.8. The summed E-state index contributed by atoms with van der Waals surface area (Å²) in [5.41, 5.74) is -2.51. The number of nitrogens with zero attached hydrogens (tertiary/aromatic N) is 1. The monoisotopic (exact) mass is 453 g/mol. The number of methoxy groups -OCH3 is 1. The standard InChI is InChI=1S/C23H35NO8/c1-8-14(2)20(26)31-18-10-12-24-11-9-17(19(18)24)13-30-21(27)23(28,15(3)29-7)22(5,6)32-16(4)25/h8-9,15,18-19,28H,10-13H2,1-7H3. The van der Waals surface area contributed by atoms with E-state index in [0.717, 1.165) is 12.1 Å². The van der Waals surface area contributed by atoms with Gasteiger partial charge in [0, 0.05) is 32.7 Å². The zero-order valence-electron chi connectivity index (χ0n) is 20.0. The predicted octanol–water partition coefficient (Wildman–Crippen LogP) is 1.53. The van der Waals surface area contributed by atoms with Gasteiger partial charge in [-0.2, -0.15) is 0 Å². The van der Waals surface area contributed by atoms with E-state index < -0.39 is 29.2 Å². The van der Waals surface area contributed by atoms with Crippen LogP contribution in [0.4, 0.5) is 0 Å². The molecule has 180 valence electrons. The molecule has 9 heteroatoms. The maximum Gasteiger partial charge on any atom is 0.345 e. The lowest BCUT2D eigenvalue weighted by molar-refractivity contribution is -0.226. The number of carbonyl (C=O) groups excluding carboxylic acids is 3. The number of carbonyl (C=O) groups is 3. The lowest BCUT2D eigenvalue weighted by Crippen LogP contribution is -2.65. The van der Waals surface area contributed by atoms with Crippen molar-refractivity contribution >= 4 is 17.9 Å². The summed E-state index contributed by atoms with van der Waals surface area (Å²) in [6.07, 6.45) is 2.96. The highest BCUT2D eigenvalue weighted by Crippen LogP contribution is 2.35. The topological polar surface area (TPSA) is 112 Å². The lowest BCUT2D eigenvalue weighted by Gasteiger charge is -2.42. The van der Waals surface area contributed by atoms with Crippen molar-refractivity contribution in [3.8, 4) is 0 Å². The maximum atomic E-state index is 13.1. The molecule has 2 heterocycles. The molecule has 0 aromatic heterocycles. The Balaban J connectivity index is 2.14. The van der Waals surface area contributed by atoms with Gasteiger partial charge in [0.25, 0.3) is 0 Å². The van der Waals surface area contributed by atoms with E-state index in [2.05, 4.69) is 4.90 Å². The zero-order chi connectivity index (χ0) is 24.3. The molecule has 2 aliphatic rings. The average molecular weight is 454 g/mol. The number of hydrogen-bond acceptors (Lipinski definition) is 9. The van der Waals surface area contributed by atoms with Gasteiger partial charge in [0.2, 0.25) is 5.60 Å². The summed E-state index contributed by atoms with van der Waals surface area (Å²) >= 11 is 0. The third-order valence-corrected chi connectivity index (χ3v) is 6.37. The number of allylic oxidation sites excluding steroid dienone is 1. The fourth-order valence-electron chi connectivity index (χ4n) is 4.24.